The van der Waals surface area contributed by atoms with Gasteiger partial charge in [-0.2, -0.15) is 27.3 Å². The highest BCUT2D eigenvalue weighted by Crippen LogP contribution is 2.41. The van der Waals surface area contributed by atoms with Crippen LogP contribution < -0.4 is 15.0 Å². The van der Waals surface area contributed by atoms with Crippen LogP contribution in [0.1, 0.15) is 5.56 Å². The summed E-state index contributed by atoms with van der Waals surface area (Å²) in [5.41, 5.74) is -2.18. The van der Waals surface area contributed by atoms with E-state index >= 15 is 0 Å². The lowest BCUT2D eigenvalue weighted by atomic mass is 10.1. The minimum atomic E-state index is -4.57. The van der Waals surface area contributed by atoms with Crippen molar-refractivity contribution in [2.45, 2.75) is 6.18 Å². The number of aromatic nitrogens is 3. The molecule has 0 aliphatic carbocycles. The molecule has 1 aliphatic rings. The second kappa shape index (κ2) is 7.01. The molecule has 2 aromatic carbocycles. The summed E-state index contributed by atoms with van der Waals surface area (Å²) in [5, 5.41) is 4.13. The van der Waals surface area contributed by atoms with E-state index < -0.39 is 28.9 Å². The van der Waals surface area contributed by atoms with Crippen LogP contribution in [0.5, 0.6) is 11.5 Å². The highest BCUT2D eigenvalue weighted by Gasteiger charge is 2.31. The SMILES string of the molecule is O=c1c2cccnc2c(-c2cc3c(c(F)c2F)OCO3)nn1-c1ccc(C(F)(F)F)cc1. The summed E-state index contributed by atoms with van der Waals surface area (Å²) in [5.74, 6) is -3.05. The van der Waals surface area contributed by atoms with E-state index in [9.17, 15) is 26.7 Å². The van der Waals surface area contributed by atoms with Crippen molar-refractivity contribution in [2.75, 3.05) is 6.79 Å². The molecule has 4 aromatic rings. The van der Waals surface area contributed by atoms with Gasteiger partial charge in [-0.05, 0) is 42.5 Å². The fourth-order valence-corrected chi connectivity index (χ4v) is 3.37. The summed E-state index contributed by atoms with van der Waals surface area (Å²) >= 11 is 0. The lowest BCUT2D eigenvalue weighted by molar-refractivity contribution is -0.137. The Hall–Kier alpha value is -4.02. The lowest BCUT2D eigenvalue weighted by Crippen LogP contribution is -2.23. The van der Waals surface area contributed by atoms with Crippen LogP contribution in [-0.4, -0.2) is 21.6 Å². The fourth-order valence-electron chi connectivity index (χ4n) is 3.37. The minimum Gasteiger partial charge on any atom is -0.453 e. The summed E-state index contributed by atoms with van der Waals surface area (Å²) in [7, 11) is 0. The standard InChI is InChI=1S/C21H10F5N3O3/c22-15-13(8-14-19(16(15)23)32-9-31-14)18-17-12(2-1-7-27-17)20(30)29(28-18)11-5-3-10(4-6-11)21(24,25)26/h1-8H,9H2. The van der Waals surface area contributed by atoms with Crippen LogP contribution in [0.2, 0.25) is 0 Å². The van der Waals surface area contributed by atoms with Crippen molar-refractivity contribution < 1.29 is 31.4 Å². The normalized spacial score (nSPS) is 13.0. The Bertz CT molecular complexity index is 1430. The van der Waals surface area contributed by atoms with Crippen LogP contribution >= 0.6 is 0 Å². The third-order valence-corrected chi connectivity index (χ3v) is 4.89. The average molecular weight is 447 g/mol. The van der Waals surface area contributed by atoms with Crippen molar-refractivity contribution in [3.8, 4) is 28.4 Å². The molecule has 0 bridgehead atoms. The van der Waals surface area contributed by atoms with Crippen LogP contribution in [0.15, 0.2) is 53.5 Å². The first kappa shape index (κ1) is 19.9. The van der Waals surface area contributed by atoms with Crippen molar-refractivity contribution in [1.82, 2.24) is 14.8 Å². The molecule has 162 valence electrons. The first-order valence-electron chi connectivity index (χ1n) is 9.09. The largest absolute Gasteiger partial charge is 0.453 e. The summed E-state index contributed by atoms with van der Waals surface area (Å²) in [6.07, 6.45) is -3.22. The van der Waals surface area contributed by atoms with Gasteiger partial charge < -0.3 is 9.47 Å². The van der Waals surface area contributed by atoms with E-state index in [0.717, 1.165) is 28.9 Å². The van der Waals surface area contributed by atoms with E-state index in [1.54, 1.807) is 0 Å². The molecular weight excluding hydrogens is 437 g/mol. The maximum atomic E-state index is 14.9. The molecule has 0 amide bonds. The molecule has 6 nitrogen and oxygen atoms in total. The van der Waals surface area contributed by atoms with E-state index in [0.29, 0.717) is 0 Å². The third kappa shape index (κ3) is 3.04. The van der Waals surface area contributed by atoms with Crippen LogP contribution in [0, 0.1) is 11.6 Å². The molecule has 0 unspecified atom stereocenters. The lowest BCUT2D eigenvalue weighted by Gasteiger charge is -2.13. The number of rotatable bonds is 2. The number of benzene rings is 2. The second-order valence-electron chi connectivity index (χ2n) is 6.80. The Labute approximate surface area is 175 Å². The van der Waals surface area contributed by atoms with Crippen molar-refractivity contribution in [3.63, 3.8) is 0 Å². The Balaban J connectivity index is 1.78. The first-order chi connectivity index (χ1) is 15.3. The quantitative estimate of drug-likeness (QED) is 0.424. The second-order valence-corrected chi connectivity index (χ2v) is 6.80. The van der Waals surface area contributed by atoms with Crippen LogP contribution in [0.3, 0.4) is 0 Å². The summed E-state index contributed by atoms with van der Waals surface area (Å²) in [6, 6.07) is 7.71. The van der Waals surface area contributed by atoms with Crippen LogP contribution in [-0.2, 0) is 6.18 Å². The molecule has 1 aliphatic heterocycles. The van der Waals surface area contributed by atoms with Gasteiger partial charge in [-0.15, -0.1) is 0 Å². The number of alkyl halides is 3. The van der Waals surface area contributed by atoms with Crippen LogP contribution in [0.4, 0.5) is 22.0 Å². The predicted molar refractivity (Wildman–Crippen MR) is 102 cm³/mol. The number of hydrogen-bond donors (Lipinski definition) is 0. The number of halogens is 5. The van der Waals surface area contributed by atoms with Crippen molar-refractivity contribution in [1.29, 1.82) is 0 Å². The number of pyridine rings is 1. The summed E-state index contributed by atoms with van der Waals surface area (Å²) in [4.78, 5) is 17.0. The summed E-state index contributed by atoms with van der Waals surface area (Å²) < 4.78 is 79.0. The molecule has 3 heterocycles. The van der Waals surface area contributed by atoms with Gasteiger partial charge in [0, 0.05) is 11.8 Å². The van der Waals surface area contributed by atoms with Crippen molar-refractivity contribution in [3.05, 3.63) is 76.2 Å². The molecule has 0 N–H and O–H groups in total. The topological polar surface area (TPSA) is 66.2 Å². The van der Waals surface area contributed by atoms with Gasteiger partial charge in [-0.25, -0.2) is 4.39 Å². The summed E-state index contributed by atoms with van der Waals surface area (Å²) in [6.45, 7) is -0.299. The number of nitrogens with zero attached hydrogens (tertiary/aromatic N) is 3. The predicted octanol–water partition coefficient (Wildman–Crippen LogP) is 4.47. The average Bonchev–Trinajstić information content (AvgIpc) is 3.25. The molecule has 0 saturated heterocycles. The third-order valence-electron chi connectivity index (χ3n) is 4.89. The molecule has 32 heavy (non-hydrogen) atoms. The van der Waals surface area contributed by atoms with E-state index in [4.69, 9.17) is 9.47 Å². The van der Waals surface area contributed by atoms with Gasteiger partial charge >= 0.3 is 6.18 Å². The highest BCUT2D eigenvalue weighted by atomic mass is 19.4. The minimum absolute atomic E-state index is 0.00312. The molecule has 0 radical (unpaired) electrons. The highest BCUT2D eigenvalue weighted by molar-refractivity contribution is 5.91. The molecule has 5 rings (SSSR count). The maximum Gasteiger partial charge on any atom is 0.416 e. The smallest absolute Gasteiger partial charge is 0.416 e. The van der Waals surface area contributed by atoms with E-state index in [2.05, 4.69) is 10.1 Å². The van der Waals surface area contributed by atoms with E-state index in [1.165, 1.54) is 24.4 Å². The van der Waals surface area contributed by atoms with E-state index in [1.807, 2.05) is 0 Å². The first-order valence-corrected chi connectivity index (χ1v) is 9.09. The molecule has 2 aromatic heterocycles. The zero-order chi connectivity index (χ0) is 22.6. The number of fused-ring (bicyclic) bond motifs is 2. The molecule has 11 heteroatoms. The van der Waals surface area contributed by atoms with Gasteiger partial charge in [-0.1, -0.05) is 0 Å². The molecule has 0 fully saturated rings. The molecular formula is C21H10F5N3O3. The monoisotopic (exact) mass is 447 g/mol. The Kier molecular flexibility index (Phi) is 4.36. The molecule has 0 spiro atoms. The van der Waals surface area contributed by atoms with Crippen molar-refractivity contribution in [2.24, 2.45) is 0 Å². The van der Waals surface area contributed by atoms with Gasteiger partial charge in [0.15, 0.2) is 11.6 Å². The van der Waals surface area contributed by atoms with Gasteiger partial charge in [0.05, 0.1) is 16.6 Å². The van der Waals surface area contributed by atoms with Gasteiger partial charge in [-0.3, -0.25) is 9.78 Å². The van der Waals surface area contributed by atoms with Crippen LogP contribution in [0.25, 0.3) is 27.8 Å². The fraction of sp³-hybridized carbons (Fsp3) is 0.0952. The Morgan fingerprint density at radius 2 is 1.75 bits per heavy atom. The van der Waals surface area contributed by atoms with Gasteiger partial charge in [0.1, 0.15) is 11.2 Å². The van der Waals surface area contributed by atoms with E-state index in [-0.39, 0.29) is 46.1 Å². The molecule has 0 atom stereocenters. The zero-order valence-corrected chi connectivity index (χ0v) is 15.8. The molecule has 0 saturated carbocycles. The van der Waals surface area contributed by atoms with Crippen molar-refractivity contribution >= 4 is 10.9 Å². The van der Waals surface area contributed by atoms with Gasteiger partial charge in [0.25, 0.3) is 5.56 Å². The Morgan fingerprint density at radius 3 is 2.47 bits per heavy atom. The zero-order valence-electron chi connectivity index (χ0n) is 15.8. The maximum absolute atomic E-state index is 14.9. The number of ether oxygens (including phenoxy) is 2. The van der Waals surface area contributed by atoms with Gasteiger partial charge in [0.2, 0.25) is 18.4 Å². The Morgan fingerprint density at radius 1 is 1.00 bits per heavy atom. The number of hydrogen-bond acceptors (Lipinski definition) is 5.